The Kier molecular flexibility index (Phi) is 3.75. The zero-order valence-electron chi connectivity index (χ0n) is 10.3. The van der Waals surface area contributed by atoms with Crippen LogP contribution in [0.15, 0.2) is 12.3 Å². The molecule has 94 valence electrons. The number of piperidine rings is 1. The molecule has 17 heavy (non-hydrogen) atoms. The van der Waals surface area contributed by atoms with Crippen molar-refractivity contribution in [2.75, 3.05) is 30.9 Å². The Labute approximate surface area is 102 Å². The zero-order chi connectivity index (χ0) is 12.3. The fourth-order valence-corrected chi connectivity index (χ4v) is 2.27. The van der Waals surface area contributed by atoms with Gasteiger partial charge in [0, 0.05) is 18.8 Å². The molecule has 1 aliphatic rings. The van der Waals surface area contributed by atoms with Crippen LogP contribution in [0, 0.1) is 5.92 Å². The maximum atomic E-state index is 5.29. The molecule has 2 rings (SSSR count). The fourth-order valence-electron chi connectivity index (χ4n) is 2.27. The summed E-state index contributed by atoms with van der Waals surface area (Å²) in [5.41, 5.74) is 2.45. The second kappa shape index (κ2) is 5.29. The Morgan fingerprint density at radius 1 is 1.53 bits per heavy atom. The summed E-state index contributed by atoms with van der Waals surface area (Å²) in [5.74, 6) is 7.17. The number of anilines is 2. The number of nitrogens with zero attached hydrogens (tertiary/aromatic N) is 3. The van der Waals surface area contributed by atoms with Crippen molar-refractivity contribution >= 4 is 11.8 Å². The second-order valence-corrected chi connectivity index (χ2v) is 4.69. The van der Waals surface area contributed by atoms with Crippen molar-refractivity contribution in [1.29, 1.82) is 0 Å². The molecule has 0 bridgehead atoms. The predicted molar refractivity (Wildman–Crippen MR) is 68.5 cm³/mol. The standard InChI is InChI=1S/C11H20N6/c1-8-7-17(2)6-4-9(8)14-10-3-5-13-11(15-10)16-12/h3,5,8-9H,4,6-7,12H2,1-2H3,(H2,13,14,15,16). The molecule has 0 amide bonds. The molecule has 0 radical (unpaired) electrons. The number of rotatable bonds is 3. The van der Waals surface area contributed by atoms with E-state index >= 15 is 0 Å². The van der Waals surface area contributed by atoms with Crippen LogP contribution < -0.4 is 16.6 Å². The molecule has 6 nitrogen and oxygen atoms in total. The average molecular weight is 236 g/mol. The fraction of sp³-hybridized carbons (Fsp3) is 0.636. The number of likely N-dealkylation sites (tertiary alicyclic amines) is 1. The molecule has 6 heteroatoms. The first-order valence-corrected chi connectivity index (χ1v) is 5.94. The first-order chi connectivity index (χ1) is 8.19. The van der Waals surface area contributed by atoms with Gasteiger partial charge in [0.15, 0.2) is 0 Å². The van der Waals surface area contributed by atoms with E-state index in [0.717, 1.165) is 25.3 Å². The molecule has 0 saturated carbocycles. The first kappa shape index (κ1) is 12.1. The molecule has 1 aliphatic heterocycles. The number of hydrogen-bond donors (Lipinski definition) is 3. The van der Waals surface area contributed by atoms with Crippen LogP contribution >= 0.6 is 0 Å². The Bertz CT molecular complexity index is 369. The summed E-state index contributed by atoms with van der Waals surface area (Å²) < 4.78 is 0. The van der Waals surface area contributed by atoms with E-state index in [-0.39, 0.29) is 0 Å². The molecule has 2 atom stereocenters. The number of nitrogen functional groups attached to an aromatic ring is 1. The average Bonchev–Trinajstić information content (AvgIpc) is 2.33. The second-order valence-electron chi connectivity index (χ2n) is 4.69. The first-order valence-electron chi connectivity index (χ1n) is 5.94. The molecule has 0 aliphatic carbocycles. The lowest BCUT2D eigenvalue weighted by molar-refractivity contribution is 0.206. The lowest BCUT2D eigenvalue weighted by atomic mass is 9.94. The minimum atomic E-state index is 0.440. The van der Waals surface area contributed by atoms with Crippen LogP contribution in [0.2, 0.25) is 0 Å². The third kappa shape index (κ3) is 3.04. The van der Waals surface area contributed by atoms with Crippen molar-refractivity contribution in [2.45, 2.75) is 19.4 Å². The van der Waals surface area contributed by atoms with Gasteiger partial charge in [0.1, 0.15) is 5.82 Å². The van der Waals surface area contributed by atoms with E-state index in [1.54, 1.807) is 6.20 Å². The molecule has 0 aromatic carbocycles. The molecular formula is C11H20N6. The minimum absolute atomic E-state index is 0.440. The number of hydrazine groups is 1. The maximum absolute atomic E-state index is 5.29. The highest BCUT2D eigenvalue weighted by atomic mass is 15.3. The summed E-state index contributed by atoms with van der Waals surface area (Å²) in [4.78, 5) is 10.6. The predicted octanol–water partition coefficient (Wildman–Crippen LogP) is 0.514. The van der Waals surface area contributed by atoms with Crippen molar-refractivity contribution in [3.8, 4) is 0 Å². The van der Waals surface area contributed by atoms with Crippen molar-refractivity contribution in [3.05, 3.63) is 12.3 Å². The highest BCUT2D eigenvalue weighted by molar-refractivity contribution is 5.40. The van der Waals surface area contributed by atoms with Crippen molar-refractivity contribution in [2.24, 2.45) is 11.8 Å². The summed E-state index contributed by atoms with van der Waals surface area (Å²) in [6.45, 7) is 4.50. The minimum Gasteiger partial charge on any atom is -0.367 e. The van der Waals surface area contributed by atoms with Crippen molar-refractivity contribution in [1.82, 2.24) is 14.9 Å². The normalized spacial score (nSPS) is 25.6. The van der Waals surface area contributed by atoms with Crippen LogP contribution in [-0.4, -0.2) is 41.0 Å². The largest absolute Gasteiger partial charge is 0.367 e. The highest BCUT2D eigenvalue weighted by Crippen LogP contribution is 2.19. The third-order valence-electron chi connectivity index (χ3n) is 3.23. The van der Waals surface area contributed by atoms with Gasteiger partial charge in [0.2, 0.25) is 5.95 Å². The summed E-state index contributed by atoms with van der Waals surface area (Å²) in [6, 6.07) is 2.33. The van der Waals surface area contributed by atoms with Gasteiger partial charge in [-0.3, -0.25) is 5.43 Å². The lowest BCUT2D eigenvalue weighted by Crippen LogP contribution is -2.43. The van der Waals surface area contributed by atoms with Gasteiger partial charge in [-0.05, 0) is 32.0 Å². The van der Waals surface area contributed by atoms with E-state index in [1.807, 2.05) is 6.07 Å². The molecule has 1 aromatic rings. The molecule has 4 N–H and O–H groups in total. The van der Waals surface area contributed by atoms with Crippen molar-refractivity contribution in [3.63, 3.8) is 0 Å². The third-order valence-corrected chi connectivity index (χ3v) is 3.23. The van der Waals surface area contributed by atoms with E-state index in [4.69, 9.17) is 5.84 Å². The van der Waals surface area contributed by atoms with Gasteiger partial charge in [-0.1, -0.05) is 6.92 Å². The molecule has 2 unspecified atom stereocenters. The van der Waals surface area contributed by atoms with E-state index < -0.39 is 0 Å². The Morgan fingerprint density at radius 3 is 3.06 bits per heavy atom. The molecular weight excluding hydrogens is 216 g/mol. The Morgan fingerprint density at radius 2 is 2.35 bits per heavy atom. The van der Waals surface area contributed by atoms with E-state index in [1.165, 1.54) is 0 Å². The van der Waals surface area contributed by atoms with Gasteiger partial charge in [-0.2, -0.15) is 4.98 Å². The van der Waals surface area contributed by atoms with Crippen LogP contribution in [0.1, 0.15) is 13.3 Å². The van der Waals surface area contributed by atoms with Crippen LogP contribution in [0.3, 0.4) is 0 Å². The monoisotopic (exact) mass is 236 g/mol. The summed E-state index contributed by atoms with van der Waals surface area (Å²) in [6.07, 6.45) is 2.83. The lowest BCUT2D eigenvalue weighted by Gasteiger charge is -2.35. The van der Waals surface area contributed by atoms with E-state index in [2.05, 4.69) is 39.6 Å². The Balaban J connectivity index is 2.00. The van der Waals surface area contributed by atoms with Crippen molar-refractivity contribution < 1.29 is 0 Å². The van der Waals surface area contributed by atoms with Crippen LogP contribution in [0.4, 0.5) is 11.8 Å². The quantitative estimate of drug-likeness (QED) is 0.524. The SMILES string of the molecule is CC1CN(C)CCC1Nc1ccnc(NN)n1. The highest BCUT2D eigenvalue weighted by Gasteiger charge is 2.24. The van der Waals surface area contributed by atoms with Crippen LogP contribution in [-0.2, 0) is 0 Å². The zero-order valence-corrected chi connectivity index (χ0v) is 10.3. The van der Waals surface area contributed by atoms with Gasteiger partial charge in [0.25, 0.3) is 0 Å². The summed E-state index contributed by atoms with van der Waals surface area (Å²) in [5, 5.41) is 3.45. The molecule has 1 aromatic heterocycles. The number of nitrogens with two attached hydrogens (primary N) is 1. The van der Waals surface area contributed by atoms with Gasteiger partial charge < -0.3 is 10.2 Å². The molecule has 2 heterocycles. The maximum Gasteiger partial charge on any atom is 0.239 e. The van der Waals surface area contributed by atoms with Gasteiger partial charge in [0.05, 0.1) is 0 Å². The van der Waals surface area contributed by atoms with Crippen LogP contribution in [0.5, 0.6) is 0 Å². The van der Waals surface area contributed by atoms with E-state index in [9.17, 15) is 0 Å². The number of hydrogen-bond acceptors (Lipinski definition) is 6. The van der Waals surface area contributed by atoms with Crippen LogP contribution in [0.25, 0.3) is 0 Å². The topological polar surface area (TPSA) is 79.1 Å². The summed E-state index contributed by atoms with van der Waals surface area (Å²) in [7, 11) is 2.16. The molecule has 1 saturated heterocycles. The summed E-state index contributed by atoms with van der Waals surface area (Å²) >= 11 is 0. The Hall–Kier alpha value is -1.40. The van der Waals surface area contributed by atoms with Gasteiger partial charge >= 0.3 is 0 Å². The number of aromatic nitrogens is 2. The molecule has 1 fully saturated rings. The molecule has 0 spiro atoms. The van der Waals surface area contributed by atoms with Gasteiger partial charge in [-0.25, -0.2) is 10.8 Å². The number of nitrogens with one attached hydrogen (secondary N) is 2. The van der Waals surface area contributed by atoms with E-state index in [0.29, 0.717) is 17.9 Å². The van der Waals surface area contributed by atoms with Gasteiger partial charge in [-0.15, -0.1) is 0 Å². The smallest absolute Gasteiger partial charge is 0.239 e.